The van der Waals surface area contributed by atoms with Crippen LogP contribution >= 0.6 is 11.6 Å². The lowest BCUT2D eigenvalue weighted by atomic mass is 9.88. The Morgan fingerprint density at radius 1 is 1.39 bits per heavy atom. The second-order valence-electron chi connectivity index (χ2n) is 6.46. The van der Waals surface area contributed by atoms with E-state index in [1.807, 2.05) is 6.07 Å². The second-order valence-corrected chi connectivity index (χ2v) is 6.73. The van der Waals surface area contributed by atoms with Gasteiger partial charge in [-0.05, 0) is 17.7 Å². The number of carbonyl (C=O) groups is 1. The number of fused-ring (bicyclic) bond motifs is 1. The van der Waals surface area contributed by atoms with E-state index in [0.29, 0.717) is 18.5 Å². The first kappa shape index (κ1) is 15.9. The molecule has 2 aromatic rings. The van der Waals surface area contributed by atoms with E-state index in [1.54, 1.807) is 29.3 Å². The van der Waals surface area contributed by atoms with Crippen LogP contribution in [0.2, 0.25) is 0 Å². The SMILES string of the molecule is CC1(C)CN(C(=O)CCl)c2cc(Cc3ccccc3F)ncc21. The maximum atomic E-state index is 13.8. The average molecular weight is 333 g/mol. The summed E-state index contributed by atoms with van der Waals surface area (Å²) in [5, 5.41) is 0. The molecule has 1 aromatic heterocycles. The van der Waals surface area contributed by atoms with Crippen LogP contribution in [0.25, 0.3) is 0 Å². The van der Waals surface area contributed by atoms with Crippen molar-refractivity contribution < 1.29 is 9.18 Å². The Hall–Kier alpha value is -1.94. The molecule has 23 heavy (non-hydrogen) atoms. The lowest BCUT2D eigenvalue weighted by Crippen LogP contribution is -2.34. The summed E-state index contributed by atoms with van der Waals surface area (Å²) in [6.45, 7) is 4.73. The third-order valence-electron chi connectivity index (χ3n) is 4.26. The predicted molar refractivity (Wildman–Crippen MR) is 89.5 cm³/mol. The molecule has 0 fully saturated rings. The molecule has 0 N–H and O–H groups in total. The van der Waals surface area contributed by atoms with Gasteiger partial charge in [-0.25, -0.2) is 4.39 Å². The molecule has 120 valence electrons. The van der Waals surface area contributed by atoms with Gasteiger partial charge in [-0.2, -0.15) is 0 Å². The first-order chi connectivity index (χ1) is 10.9. The predicted octanol–water partition coefficient (Wildman–Crippen LogP) is 3.67. The van der Waals surface area contributed by atoms with E-state index >= 15 is 0 Å². The number of carbonyl (C=O) groups excluding carboxylic acids is 1. The van der Waals surface area contributed by atoms with Crippen molar-refractivity contribution in [2.45, 2.75) is 25.7 Å². The van der Waals surface area contributed by atoms with Gasteiger partial charge >= 0.3 is 0 Å². The van der Waals surface area contributed by atoms with Crippen molar-refractivity contribution in [3.05, 3.63) is 59.2 Å². The van der Waals surface area contributed by atoms with Crippen molar-refractivity contribution in [2.75, 3.05) is 17.3 Å². The summed E-state index contributed by atoms with van der Waals surface area (Å²) in [6, 6.07) is 8.53. The molecule has 0 radical (unpaired) electrons. The van der Waals surface area contributed by atoms with Gasteiger partial charge in [0.15, 0.2) is 0 Å². The van der Waals surface area contributed by atoms with Crippen LogP contribution in [0.4, 0.5) is 10.1 Å². The second kappa shape index (κ2) is 5.93. The first-order valence-corrected chi connectivity index (χ1v) is 8.05. The van der Waals surface area contributed by atoms with E-state index < -0.39 is 0 Å². The fourth-order valence-corrected chi connectivity index (χ4v) is 3.17. The summed E-state index contributed by atoms with van der Waals surface area (Å²) in [5.41, 5.74) is 3.02. The number of anilines is 1. The third-order valence-corrected chi connectivity index (χ3v) is 4.49. The number of nitrogens with zero attached hydrogens (tertiary/aromatic N) is 2. The normalized spacial score (nSPS) is 15.6. The Morgan fingerprint density at radius 3 is 2.83 bits per heavy atom. The molecule has 0 saturated heterocycles. The van der Waals surface area contributed by atoms with Crippen molar-refractivity contribution in [2.24, 2.45) is 0 Å². The van der Waals surface area contributed by atoms with E-state index in [0.717, 1.165) is 16.9 Å². The van der Waals surface area contributed by atoms with Crippen molar-refractivity contribution in [3.63, 3.8) is 0 Å². The van der Waals surface area contributed by atoms with E-state index in [2.05, 4.69) is 18.8 Å². The van der Waals surface area contributed by atoms with Crippen LogP contribution < -0.4 is 4.90 Å². The van der Waals surface area contributed by atoms with Gasteiger partial charge in [0.1, 0.15) is 11.7 Å². The third kappa shape index (κ3) is 2.95. The van der Waals surface area contributed by atoms with Crippen LogP contribution in [0.1, 0.15) is 30.7 Å². The molecule has 1 aliphatic rings. The van der Waals surface area contributed by atoms with Gasteiger partial charge in [0.2, 0.25) is 5.91 Å². The highest BCUT2D eigenvalue weighted by atomic mass is 35.5. The molecule has 0 atom stereocenters. The minimum atomic E-state index is -0.246. The number of aromatic nitrogens is 1. The number of amides is 1. The van der Waals surface area contributed by atoms with Crippen LogP contribution in [-0.4, -0.2) is 23.3 Å². The standard InChI is InChI=1S/C18H18ClFN2O/c1-18(2)11-22(17(23)9-19)16-8-13(21-10-14(16)18)7-12-5-3-4-6-15(12)20/h3-6,8,10H,7,9,11H2,1-2H3. The number of benzene rings is 1. The van der Waals surface area contributed by atoms with Gasteiger partial charge in [-0.3, -0.25) is 9.78 Å². The molecule has 1 aliphatic heterocycles. The summed E-state index contributed by atoms with van der Waals surface area (Å²) < 4.78 is 13.8. The number of hydrogen-bond donors (Lipinski definition) is 0. The number of hydrogen-bond acceptors (Lipinski definition) is 2. The molecule has 0 saturated carbocycles. The molecule has 5 heteroatoms. The molecule has 2 heterocycles. The zero-order valence-corrected chi connectivity index (χ0v) is 13.9. The number of alkyl halides is 1. The number of pyridine rings is 1. The Labute approximate surface area is 140 Å². The number of rotatable bonds is 3. The summed E-state index contributed by atoms with van der Waals surface area (Å²) in [7, 11) is 0. The lowest BCUT2D eigenvalue weighted by molar-refractivity contribution is -0.116. The molecule has 0 unspecified atom stereocenters. The van der Waals surface area contributed by atoms with E-state index in [1.165, 1.54) is 6.07 Å². The van der Waals surface area contributed by atoms with E-state index in [-0.39, 0.29) is 23.0 Å². The highest BCUT2D eigenvalue weighted by Gasteiger charge is 2.38. The summed E-state index contributed by atoms with van der Waals surface area (Å²) in [4.78, 5) is 18.3. The quantitative estimate of drug-likeness (QED) is 0.803. The highest BCUT2D eigenvalue weighted by molar-refractivity contribution is 6.29. The summed E-state index contributed by atoms with van der Waals surface area (Å²) in [6.07, 6.45) is 2.19. The molecule has 0 aliphatic carbocycles. The maximum Gasteiger partial charge on any atom is 0.241 e. The van der Waals surface area contributed by atoms with Gasteiger partial charge in [0.05, 0.1) is 5.69 Å². The lowest BCUT2D eigenvalue weighted by Gasteiger charge is -2.19. The van der Waals surface area contributed by atoms with Crippen LogP contribution in [0.5, 0.6) is 0 Å². The van der Waals surface area contributed by atoms with Crippen molar-refractivity contribution in [3.8, 4) is 0 Å². The van der Waals surface area contributed by atoms with Gasteiger partial charge < -0.3 is 4.90 Å². The number of halogens is 2. The Bertz CT molecular complexity index is 760. The van der Waals surface area contributed by atoms with Gasteiger partial charge in [-0.15, -0.1) is 11.6 Å². The molecule has 3 rings (SSSR count). The molecule has 1 amide bonds. The first-order valence-electron chi connectivity index (χ1n) is 7.51. The monoisotopic (exact) mass is 332 g/mol. The van der Waals surface area contributed by atoms with Crippen LogP contribution in [0.3, 0.4) is 0 Å². The van der Waals surface area contributed by atoms with Gasteiger partial charge in [0, 0.05) is 35.8 Å². The van der Waals surface area contributed by atoms with E-state index in [9.17, 15) is 9.18 Å². The zero-order chi connectivity index (χ0) is 16.6. The van der Waals surface area contributed by atoms with E-state index in [4.69, 9.17) is 11.6 Å². The smallest absolute Gasteiger partial charge is 0.241 e. The largest absolute Gasteiger partial charge is 0.310 e. The van der Waals surface area contributed by atoms with Crippen molar-refractivity contribution >= 4 is 23.2 Å². The summed E-state index contributed by atoms with van der Waals surface area (Å²) >= 11 is 5.73. The maximum absolute atomic E-state index is 13.8. The zero-order valence-electron chi connectivity index (χ0n) is 13.1. The topological polar surface area (TPSA) is 33.2 Å². The Balaban J connectivity index is 1.98. The molecule has 0 bridgehead atoms. The fraction of sp³-hybridized carbons (Fsp3) is 0.333. The molecule has 0 spiro atoms. The van der Waals surface area contributed by atoms with Crippen LogP contribution in [0, 0.1) is 5.82 Å². The fourth-order valence-electron chi connectivity index (χ4n) is 3.03. The van der Waals surface area contributed by atoms with Gasteiger partial charge in [-0.1, -0.05) is 32.0 Å². The molecular weight excluding hydrogens is 315 g/mol. The molecule has 3 nitrogen and oxygen atoms in total. The summed E-state index contributed by atoms with van der Waals surface area (Å²) in [5.74, 6) is -0.425. The van der Waals surface area contributed by atoms with Gasteiger partial charge in [0.25, 0.3) is 0 Å². The minimum absolute atomic E-state index is 0.0551. The Morgan fingerprint density at radius 2 is 2.13 bits per heavy atom. The Kier molecular flexibility index (Phi) is 4.11. The highest BCUT2D eigenvalue weighted by Crippen LogP contribution is 2.40. The molecular formula is C18H18ClFN2O. The van der Waals surface area contributed by atoms with Crippen LogP contribution in [0.15, 0.2) is 36.5 Å². The van der Waals surface area contributed by atoms with Crippen LogP contribution in [-0.2, 0) is 16.6 Å². The average Bonchev–Trinajstić information content (AvgIpc) is 2.80. The minimum Gasteiger partial charge on any atom is -0.310 e. The molecule has 1 aromatic carbocycles. The van der Waals surface area contributed by atoms with Crippen molar-refractivity contribution in [1.82, 2.24) is 4.98 Å². The van der Waals surface area contributed by atoms with Crippen molar-refractivity contribution in [1.29, 1.82) is 0 Å².